The highest BCUT2D eigenvalue weighted by Crippen LogP contribution is 2.33. The number of hydrogen-bond acceptors (Lipinski definition) is 4. The van der Waals surface area contributed by atoms with Crippen molar-refractivity contribution in [1.29, 1.82) is 0 Å². The van der Waals surface area contributed by atoms with Crippen LogP contribution in [0.1, 0.15) is 27.2 Å². The molecule has 0 N–H and O–H groups in total. The molecule has 0 aliphatic carbocycles. The van der Waals surface area contributed by atoms with Gasteiger partial charge in [-0.25, -0.2) is 8.42 Å². The number of rotatable bonds is 5. The van der Waals surface area contributed by atoms with Crippen LogP contribution in [-0.2, 0) is 19.4 Å². The predicted octanol–water partition coefficient (Wildman–Crippen LogP) is 2.48. The minimum atomic E-state index is -3.69. The van der Waals surface area contributed by atoms with E-state index in [0.29, 0.717) is 13.0 Å². The van der Waals surface area contributed by atoms with Gasteiger partial charge in [0, 0.05) is 18.4 Å². The molecule has 0 bridgehead atoms. The fraction of sp³-hybridized carbons (Fsp3) is 0.562. The molecule has 116 valence electrons. The third-order valence-electron chi connectivity index (χ3n) is 4.08. The van der Waals surface area contributed by atoms with E-state index in [-0.39, 0.29) is 28.6 Å². The first kappa shape index (κ1) is 16.2. The maximum atomic E-state index is 12.9. The lowest BCUT2D eigenvalue weighted by Crippen LogP contribution is -2.42. The van der Waals surface area contributed by atoms with Crippen LogP contribution in [0.5, 0.6) is 0 Å². The highest BCUT2D eigenvalue weighted by molar-refractivity contribution is 7.92. The van der Waals surface area contributed by atoms with Gasteiger partial charge in [0.25, 0.3) is 0 Å². The Kier molecular flexibility index (Phi) is 4.84. The maximum absolute atomic E-state index is 12.9. The van der Waals surface area contributed by atoms with Gasteiger partial charge < -0.3 is 4.74 Å². The van der Waals surface area contributed by atoms with Gasteiger partial charge in [0.05, 0.1) is 11.0 Å². The molecule has 0 radical (unpaired) electrons. The molecule has 1 heterocycles. The second kappa shape index (κ2) is 6.28. The summed E-state index contributed by atoms with van der Waals surface area (Å²) in [5, 5.41) is -1.02. The quantitative estimate of drug-likeness (QED) is 0.838. The van der Waals surface area contributed by atoms with E-state index in [0.717, 1.165) is 0 Å². The molecule has 1 saturated heterocycles. The summed E-state index contributed by atoms with van der Waals surface area (Å²) in [6.45, 7) is 5.85. The molecular formula is C16H22O4S. The molecule has 0 spiro atoms. The Bertz CT molecular complexity index is 592. The van der Waals surface area contributed by atoms with Crippen LogP contribution < -0.4 is 0 Å². The van der Waals surface area contributed by atoms with Crippen molar-refractivity contribution in [1.82, 2.24) is 0 Å². The average Bonchev–Trinajstić information content (AvgIpc) is 2.86. The average molecular weight is 310 g/mol. The van der Waals surface area contributed by atoms with Crippen molar-refractivity contribution in [3.63, 3.8) is 0 Å². The fourth-order valence-corrected chi connectivity index (χ4v) is 5.05. The first-order valence-corrected chi connectivity index (χ1v) is 8.84. The fourth-order valence-electron chi connectivity index (χ4n) is 2.83. The van der Waals surface area contributed by atoms with Crippen LogP contribution >= 0.6 is 0 Å². The molecule has 21 heavy (non-hydrogen) atoms. The van der Waals surface area contributed by atoms with Crippen molar-refractivity contribution < 1.29 is 17.9 Å². The number of Topliss-reactive ketones (excluding diaryl/α,β-unsaturated/α-hetero) is 1. The Morgan fingerprint density at radius 2 is 1.86 bits per heavy atom. The topological polar surface area (TPSA) is 60.4 Å². The number of ether oxygens (including phenoxy) is 1. The number of hydrogen-bond donors (Lipinski definition) is 0. The molecule has 0 unspecified atom stereocenters. The first-order chi connectivity index (χ1) is 9.85. The van der Waals surface area contributed by atoms with E-state index < -0.39 is 15.1 Å². The van der Waals surface area contributed by atoms with Gasteiger partial charge >= 0.3 is 0 Å². The van der Waals surface area contributed by atoms with E-state index in [4.69, 9.17) is 4.74 Å². The summed E-state index contributed by atoms with van der Waals surface area (Å²) in [7, 11) is -3.69. The zero-order valence-electron chi connectivity index (χ0n) is 12.7. The molecule has 1 aliphatic rings. The van der Waals surface area contributed by atoms with Crippen LogP contribution in [-0.4, -0.2) is 32.2 Å². The lowest BCUT2D eigenvalue weighted by Gasteiger charge is -2.26. The molecule has 1 fully saturated rings. The van der Waals surface area contributed by atoms with Crippen LogP contribution in [0.25, 0.3) is 0 Å². The highest BCUT2D eigenvalue weighted by Gasteiger charge is 2.45. The van der Waals surface area contributed by atoms with E-state index in [1.165, 1.54) is 0 Å². The molecule has 0 saturated carbocycles. The highest BCUT2D eigenvalue weighted by atomic mass is 32.2. The standard InChI is InChI=1S/C16H22O4S/c1-11(2)15(17)16(14-9-10-20-12(14)3)21(18,19)13-7-5-4-6-8-13/h4-8,11-12,14,16H,9-10H2,1-3H3/t12-,14-,16+/m0/s1. The summed E-state index contributed by atoms with van der Waals surface area (Å²) in [5.41, 5.74) is 0. The van der Waals surface area contributed by atoms with Crippen LogP contribution in [0.15, 0.2) is 35.2 Å². The number of sulfone groups is 1. The van der Waals surface area contributed by atoms with Crippen LogP contribution in [0.2, 0.25) is 0 Å². The number of benzene rings is 1. The Morgan fingerprint density at radius 3 is 2.33 bits per heavy atom. The summed E-state index contributed by atoms with van der Waals surface area (Å²) in [4.78, 5) is 12.8. The summed E-state index contributed by atoms with van der Waals surface area (Å²) < 4.78 is 31.4. The lowest BCUT2D eigenvalue weighted by molar-refractivity contribution is -0.122. The van der Waals surface area contributed by atoms with E-state index in [2.05, 4.69) is 0 Å². The summed E-state index contributed by atoms with van der Waals surface area (Å²) in [5.74, 6) is -0.812. The van der Waals surface area contributed by atoms with E-state index in [1.807, 2.05) is 6.92 Å². The van der Waals surface area contributed by atoms with E-state index in [1.54, 1.807) is 44.2 Å². The largest absolute Gasteiger partial charge is 0.378 e. The van der Waals surface area contributed by atoms with Gasteiger partial charge in [-0.2, -0.15) is 0 Å². The third-order valence-corrected chi connectivity index (χ3v) is 6.26. The molecule has 1 aliphatic heterocycles. The van der Waals surface area contributed by atoms with Gasteiger partial charge in [0.1, 0.15) is 5.25 Å². The van der Waals surface area contributed by atoms with Crippen molar-refractivity contribution >= 4 is 15.6 Å². The van der Waals surface area contributed by atoms with Crippen LogP contribution in [0.3, 0.4) is 0 Å². The van der Waals surface area contributed by atoms with Gasteiger partial charge in [-0.15, -0.1) is 0 Å². The summed E-state index contributed by atoms with van der Waals surface area (Å²) in [6, 6.07) is 8.23. The zero-order valence-corrected chi connectivity index (χ0v) is 13.5. The van der Waals surface area contributed by atoms with E-state index in [9.17, 15) is 13.2 Å². The molecule has 5 heteroatoms. The van der Waals surface area contributed by atoms with E-state index >= 15 is 0 Å². The molecule has 1 aromatic rings. The normalized spacial score (nSPS) is 24.2. The third kappa shape index (κ3) is 3.19. The van der Waals surface area contributed by atoms with Crippen LogP contribution in [0, 0.1) is 11.8 Å². The van der Waals surface area contributed by atoms with Gasteiger partial charge in [0.2, 0.25) is 0 Å². The van der Waals surface area contributed by atoms with Crippen molar-refractivity contribution in [2.75, 3.05) is 6.61 Å². The smallest absolute Gasteiger partial charge is 0.188 e. The number of ketones is 1. The minimum absolute atomic E-state index is 0.211. The molecule has 2 rings (SSSR count). The zero-order chi connectivity index (χ0) is 15.6. The number of carbonyl (C=O) groups excluding carboxylic acids is 1. The molecular weight excluding hydrogens is 288 g/mol. The Labute approximate surface area is 126 Å². The van der Waals surface area contributed by atoms with Gasteiger partial charge in [0.15, 0.2) is 15.6 Å². The van der Waals surface area contributed by atoms with Gasteiger partial charge in [-0.3, -0.25) is 4.79 Å². The minimum Gasteiger partial charge on any atom is -0.378 e. The van der Waals surface area contributed by atoms with Crippen molar-refractivity contribution in [2.24, 2.45) is 11.8 Å². The van der Waals surface area contributed by atoms with Crippen LogP contribution in [0.4, 0.5) is 0 Å². The SMILES string of the molecule is CC(C)C(=O)[C@@H]([C@H]1CCO[C@H]1C)S(=O)(=O)c1ccccc1. The van der Waals surface area contributed by atoms with Gasteiger partial charge in [-0.05, 0) is 25.5 Å². The Balaban J connectivity index is 2.47. The molecule has 0 aromatic heterocycles. The molecule has 4 nitrogen and oxygen atoms in total. The number of carbonyl (C=O) groups is 1. The Morgan fingerprint density at radius 1 is 1.24 bits per heavy atom. The summed E-state index contributed by atoms with van der Waals surface area (Å²) >= 11 is 0. The van der Waals surface area contributed by atoms with Gasteiger partial charge in [-0.1, -0.05) is 32.0 Å². The molecule has 3 atom stereocenters. The molecule has 1 aromatic carbocycles. The first-order valence-electron chi connectivity index (χ1n) is 7.30. The Hall–Kier alpha value is -1.20. The summed E-state index contributed by atoms with van der Waals surface area (Å²) in [6.07, 6.45) is 0.396. The maximum Gasteiger partial charge on any atom is 0.188 e. The van der Waals surface area contributed by atoms with Crippen molar-refractivity contribution in [3.05, 3.63) is 30.3 Å². The predicted molar refractivity (Wildman–Crippen MR) is 80.8 cm³/mol. The van der Waals surface area contributed by atoms with Crippen molar-refractivity contribution in [3.8, 4) is 0 Å². The second-order valence-corrected chi connectivity index (χ2v) is 7.93. The second-order valence-electron chi connectivity index (χ2n) is 5.86. The lowest BCUT2D eigenvalue weighted by atomic mass is 9.91. The van der Waals surface area contributed by atoms with Crippen molar-refractivity contribution in [2.45, 2.75) is 43.4 Å². The molecule has 0 amide bonds. The monoisotopic (exact) mass is 310 g/mol.